The first-order valence-electron chi connectivity index (χ1n) is 28.8. The number of hydrogen-bond donors (Lipinski definition) is 0. The summed E-state index contributed by atoms with van der Waals surface area (Å²) < 4.78 is 17.5. The fourth-order valence-corrected chi connectivity index (χ4v) is 8.17. The van der Waals surface area contributed by atoms with Crippen molar-refractivity contribution in [2.75, 3.05) is 19.8 Å². The van der Waals surface area contributed by atoms with E-state index in [1.165, 1.54) is 186 Å². The van der Waals surface area contributed by atoms with Crippen molar-refractivity contribution < 1.29 is 23.8 Å². The molecule has 0 heterocycles. The fourth-order valence-electron chi connectivity index (χ4n) is 8.17. The van der Waals surface area contributed by atoms with E-state index in [0.717, 1.165) is 70.6 Å². The van der Waals surface area contributed by atoms with E-state index in [9.17, 15) is 9.59 Å². The van der Waals surface area contributed by atoms with Crippen LogP contribution in [0.15, 0.2) is 60.8 Å². The second kappa shape index (κ2) is 56.9. The summed E-state index contributed by atoms with van der Waals surface area (Å²) in [5, 5.41) is 0. The molecule has 0 bridgehead atoms. The minimum Gasteiger partial charge on any atom is -0.463 e. The maximum Gasteiger partial charge on any atom is 0.305 e. The zero-order valence-corrected chi connectivity index (χ0v) is 44.2. The Labute approximate surface area is 411 Å². The maximum atomic E-state index is 12.7. The van der Waals surface area contributed by atoms with Crippen LogP contribution in [0.25, 0.3) is 0 Å². The van der Waals surface area contributed by atoms with Crippen molar-refractivity contribution in [3.05, 3.63) is 60.8 Å². The van der Waals surface area contributed by atoms with Gasteiger partial charge in [0.2, 0.25) is 0 Å². The molecule has 0 aliphatic rings. The van der Waals surface area contributed by atoms with Crippen LogP contribution in [0.4, 0.5) is 0 Å². The van der Waals surface area contributed by atoms with Gasteiger partial charge >= 0.3 is 11.9 Å². The van der Waals surface area contributed by atoms with Gasteiger partial charge in [0, 0.05) is 19.4 Å². The van der Waals surface area contributed by atoms with E-state index in [1.807, 2.05) is 0 Å². The molecule has 1 atom stereocenters. The maximum absolute atomic E-state index is 12.7. The number of esters is 2. The number of hydrogen-bond acceptors (Lipinski definition) is 5. The Morgan fingerprint density at radius 3 is 0.970 bits per heavy atom. The minimum absolute atomic E-state index is 0.141. The van der Waals surface area contributed by atoms with Gasteiger partial charge in [-0.3, -0.25) is 9.59 Å². The highest BCUT2D eigenvalue weighted by Crippen LogP contribution is 2.15. The molecule has 0 radical (unpaired) electrons. The number of carbonyl (C=O) groups excluding carboxylic acids is 2. The predicted octanol–water partition coefficient (Wildman–Crippen LogP) is 19.7. The van der Waals surface area contributed by atoms with Gasteiger partial charge in [0.05, 0.1) is 0 Å². The average molecular weight is 924 g/mol. The Hall–Kier alpha value is -2.40. The highest BCUT2D eigenvalue weighted by Gasteiger charge is 2.16. The molecule has 0 fully saturated rings. The molecule has 0 aliphatic heterocycles. The molecule has 384 valence electrons. The minimum atomic E-state index is -0.414. The number of allylic oxidation sites excluding steroid dienone is 10. The Kier molecular flexibility index (Phi) is 54.9. The summed E-state index contributed by atoms with van der Waals surface area (Å²) in [6.07, 6.45) is 72.6. The summed E-state index contributed by atoms with van der Waals surface area (Å²) in [6, 6.07) is 0. The van der Waals surface area contributed by atoms with E-state index in [-0.39, 0.29) is 25.2 Å². The Morgan fingerprint density at radius 2 is 0.576 bits per heavy atom. The molecular weight excluding hydrogens is 813 g/mol. The normalized spacial score (nSPS) is 12.6. The molecule has 0 aromatic carbocycles. The molecule has 0 amide bonds. The second-order valence-corrected chi connectivity index (χ2v) is 19.2. The van der Waals surface area contributed by atoms with E-state index >= 15 is 0 Å². The highest BCUT2D eigenvalue weighted by molar-refractivity contribution is 5.69. The van der Waals surface area contributed by atoms with Gasteiger partial charge in [-0.05, 0) is 89.9 Å². The van der Waals surface area contributed by atoms with Crippen molar-refractivity contribution in [1.82, 2.24) is 0 Å². The van der Waals surface area contributed by atoms with Crippen molar-refractivity contribution in [2.45, 2.75) is 297 Å². The smallest absolute Gasteiger partial charge is 0.305 e. The first-order chi connectivity index (χ1) is 32.6. The quantitative estimate of drug-likeness (QED) is 0.0346. The summed E-state index contributed by atoms with van der Waals surface area (Å²) in [5.41, 5.74) is 0. The molecule has 5 heteroatoms. The van der Waals surface area contributed by atoms with Crippen LogP contribution >= 0.6 is 0 Å². The van der Waals surface area contributed by atoms with Gasteiger partial charge in [-0.1, -0.05) is 248 Å². The van der Waals surface area contributed by atoms with E-state index < -0.39 is 6.10 Å². The zero-order valence-electron chi connectivity index (χ0n) is 44.2. The molecule has 0 aromatic rings. The predicted molar refractivity (Wildman–Crippen MR) is 288 cm³/mol. The monoisotopic (exact) mass is 923 g/mol. The summed E-state index contributed by atoms with van der Waals surface area (Å²) >= 11 is 0. The first-order valence-corrected chi connectivity index (χ1v) is 28.8. The van der Waals surface area contributed by atoms with Crippen LogP contribution in [-0.2, 0) is 23.8 Å². The van der Waals surface area contributed by atoms with Crippen molar-refractivity contribution in [3.63, 3.8) is 0 Å². The molecule has 0 N–H and O–H groups in total. The number of ether oxygens (including phenoxy) is 3. The van der Waals surface area contributed by atoms with Gasteiger partial charge in [0.15, 0.2) is 0 Å². The summed E-state index contributed by atoms with van der Waals surface area (Å²) in [4.78, 5) is 25.3. The van der Waals surface area contributed by atoms with Crippen LogP contribution in [-0.4, -0.2) is 37.9 Å². The Bertz CT molecular complexity index is 1130. The number of carbonyl (C=O) groups is 2. The van der Waals surface area contributed by atoms with Crippen LogP contribution in [0.2, 0.25) is 0 Å². The van der Waals surface area contributed by atoms with E-state index in [1.54, 1.807) is 0 Å². The van der Waals surface area contributed by atoms with Crippen molar-refractivity contribution in [1.29, 1.82) is 0 Å². The Morgan fingerprint density at radius 1 is 0.318 bits per heavy atom. The highest BCUT2D eigenvalue weighted by atomic mass is 16.6. The first kappa shape index (κ1) is 63.6. The number of rotatable bonds is 53. The Balaban J connectivity index is 4.31. The summed E-state index contributed by atoms with van der Waals surface area (Å²) in [7, 11) is 0. The van der Waals surface area contributed by atoms with Gasteiger partial charge in [-0.15, -0.1) is 0 Å². The van der Waals surface area contributed by atoms with Gasteiger partial charge in [-0.2, -0.15) is 0 Å². The molecule has 0 aliphatic carbocycles. The second-order valence-electron chi connectivity index (χ2n) is 19.2. The lowest BCUT2D eigenvalue weighted by Gasteiger charge is -2.18. The van der Waals surface area contributed by atoms with Crippen LogP contribution in [0.1, 0.15) is 290 Å². The van der Waals surface area contributed by atoms with Crippen molar-refractivity contribution >= 4 is 11.9 Å². The lowest BCUT2D eigenvalue weighted by molar-refractivity contribution is -0.155. The van der Waals surface area contributed by atoms with E-state index in [2.05, 4.69) is 81.5 Å². The van der Waals surface area contributed by atoms with Crippen molar-refractivity contribution in [2.24, 2.45) is 0 Å². The molecule has 0 saturated carbocycles. The van der Waals surface area contributed by atoms with Gasteiger partial charge in [0.25, 0.3) is 0 Å². The standard InChI is InChI=1S/C61H110O5/c1-4-7-10-13-16-19-22-25-28-30-31-32-34-37-40-43-46-49-52-55-61(63)66-58-59(64-56-53-50-47-44-41-38-35-29-26-23-20-17-14-11-8-5-2)57-65-60(62)54-51-48-45-42-39-36-33-27-24-21-18-15-12-9-6-3/h16,19,21,24-25,28,31-32,37,40,59H,4-15,17-18,20,22-23,26-27,29-30,33-36,38-39,41-58H2,1-3H3/b19-16-,24-21-,28-25-,32-31-,40-37-/t59-/m0/s1. The average Bonchev–Trinajstić information content (AvgIpc) is 3.32. The molecule has 0 saturated heterocycles. The van der Waals surface area contributed by atoms with Gasteiger partial charge in [0.1, 0.15) is 19.3 Å². The topological polar surface area (TPSA) is 61.8 Å². The molecular formula is C61H110O5. The van der Waals surface area contributed by atoms with Gasteiger partial charge in [-0.25, -0.2) is 0 Å². The third kappa shape index (κ3) is 54.2. The van der Waals surface area contributed by atoms with Crippen molar-refractivity contribution in [3.8, 4) is 0 Å². The lowest BCUT2D eigenvalue weighted by Crippen LogP contribution is -2.29. The molecule has 0 aromatic heterocycles. The molecule has 0 unspecified atom stereocenters. The van der Waals surface area contributed by atoms with E-state index in [0.29, 0.717) is 19.4 Å². The van der Waals surface area contributed by atoms with Crippen LogP contribution in [0, 0.1) is 0 Å². The molecule has 5 nitrogen and oxygen atoms in total. The van der Waals surface area contributed by atoms with Crippen LogP contribution in [0.3, 0.4) is 0 Å². The van der Waals surface area contributed by atoms with Gasteiger partial charge < -0.3 is 14.2 Å². The molecule has 66 heavy (non-hydrogen) atoms. The largest absolute Gasteiger partial charge is 0.463 e. The summed E-state index contributed by atoms with van der Waals surface area (Å²) in [6.45, 7) is 7.69. The van der Waals surface area contributed by atoms with Crippen LogP contribution < -0.4 is 0 Å². The SMILES string of the molecule is CCCCC/C=C\C/C=C\C/C=C\C/C=C\CCCCCC(=O)OC[C@H](COC(=O)CCCCCCCCC/C=C\CCCCCC)OCCCCCCCCCCCCCCCCCC. The molecule has 0 rings (SSSR count). The van der Waals surface area contributed by atoms with E-state index in [4.69, 9.17) is 14.2 Å². The third-order valence-corrected chi connectivity index (χ3v) is 12.6. The fraction of sp³-hybridized carbons (Fsp3) is 0.803. The zero-order chi connectivity index (χ0) is 47.7. The number of unbranched alkanes of at least 4 members (excludes halogenated alkanes) is 32. The lowest BCUT2D eigenvalue weighted by atomic mass is 10.0. The van der Waals surface area contributed by atoms with Crippen LogP contribution in [0.5, 0.6) is 0 Å². The third-order valence-electron chi connectivity index (χ3n) is 12.6. The summed E-state index contributed by atoms with van der Waals surface area (Å²) in [5.74, 6) is -0.364. The molecule has 0 spiro atoms.